The third-order valence-corrected chi connectivity index (χ3v) is 6.09. The Morgan fingerprint density at radius 1 is 1.11 bits per heavy atom. The Balaban J connectivity index is 1.76. The van der Waals surface area contributed by atoms with Gasteiger partial charge in [0.1, 0.15) is 11.9 Å². The molecular weight excluding hydrogens is 370 g/mol. The summed E-state index contributed by atoms with van der Waals surface area (Å²) in [4.78, 5) is 12.7. The molecule has 1 aliphatic rings. The molecule has 3 rings (SSSR count). The van der Waals surface area contributed by atoms with E-state index in [9.17, 15) is 4.79 Å². The van der Waals surface area contributed by atoms with Crippen molar-refractivity contribution in [3.63, 3.8) is 0 Å². The SMILES string of the molecule is C#Cc1ccc(OC2C(C)(C)C(NC(=O)c3ccc(C)cc3)C2(C)C)cc1Cl. The van der Waals surface area contributed by atoms with E-state index in [-0.39, 0.29) is 28.9 Å². The van der Waals surface area contributed by atoms with Crippen LogP contribution in [0.25, 0.3) is 0 Å². The maximum absolute atomic E-state index is 12.7. The number of benzene rings is 2. The van der Waals surface area contributed by atoms with Gasteiger partial charge in [0.05, 0.1) is 5.02 Å². The summed E-state index contributed by atoms with van der Waals surface area (Å²) in [7, 11) is 0. The van der Waals surface area contributed by atoms with Crippen molar-refractivity contribution in [1.29, 1.82) is 0 Å². The molecule has 2 aromatic carbocycles. The third kappa shape index (κ3) is 3.50. The Morgan fingerprint density at radius 2 is 1.71 bits per heavy atom. The lowest BCUT2D eigenvalue weighted by molar-refractivity contribution is -0.164. The largest absolute Gasteiger partial charge is 0.489 e. The van der Waals surface area contributed by atoms with Crippen LogP contribution in [0.5, 0.6) is 5.75 Å². The number of hydrogen-bond acceptors (Lipinski definition) is 2. The monoisotopic (exact) mass is 395 g/mol. The van der Waals surface area contributed by atoms with Crippen molar-refractivity contribution in [3.05, 3.63) is 64.2 Å². The maximum atomic E-state index is 12.7. The normalized spacial score (nSPS) is 21.9. The van der Waals surface area contributed by atoms with Gasteiger partial charge in [-0.1, -0.05) is 62.9 Å². The van der Waals surface area contributed by atoms with Gasteiger partial charge in [0.15, 0.2) is 0 Å². The van der Waals surface area contributed by atoms with Crippen molar-refractivity contribution >= 4 is 17.5 Å². The summed E-state index contributed by atoms with van der Waals surface area (Å²) in [5.41, 5.74) is 1.94. The van der Waals surface area contributed by atoms with Crippen molar-refractivity contribution < 1.29 is 9.53 Å². The molecule has 0 aliphatic heterocycles. The van der Waals surface area contributed by atoms with Gasteiger partial charge in [0.25, 0.3) is 5.91 Å². The van der Waals surface area contributed by atoms with Gasteiger partial charge in [-0.05, 0) is 31.2 Å². The van der Waals surface area contributed by atoms with Gasteiger partial charge in [0, 0.05) is 34.1 Å². The van der Waals surface area contributed by atoms with Crippen molar-refractivity contribution in [2.45, 2.75) is 46.8 Å². The van der Waals surface area contributed by atoms with E-state index in [1.807, 2.05) is 37.3 Å². The molecule has 0 atom stereocenters. The molecule has 0 heterocycles. The van der Waals surface area contributed by atoms with Crippen LogP contribution in [-0.2, 0) is 0 Å². The Labute approximate surface area is 172 Å². The second-order valence-electron chi connectivity index (χ2n) is 8.70. The van der Waals surface area contributed by atoms with Crippen LogP contribution >= 0.6 is 11.6 Å². The molecule has 0 saturated heterocycles. The van der Waals surface area contributed by atoms with Gasteiger partial charge >= 0.3 is 0 Å². The molecule has 4 heteroatoms. The molecule has 1 saturated carbocycles. The van der Waals surface area contributed by atoms with Gasteiger partial charge in [-0.15, -0.1) is 6.42 Å². The number of rotatable bonds is 4. The number of aryl methyl sites for hydroxylation is 1. The zero-order chi connectivity index (χ0) is 20.7. The summed E-state index contributed by atoms with van der Waals surface area (Å²) in [5.74, 6) is 3.16. The standard InChI is InChI=1S/C24H26ClNO2/c1-7-16-12-13-18(14-19(16)25)28-22-23(3,4)21(24(22,5)6)26-20(27)17-10-8-15(2)9-11-17/h1,8-14,21-22H,2-6H3,(H,26,27). The van der Waals surface area contributed by atoms with E-state index < -0.39 is 0 Å². The first-order valence-electron chi connectivity index (χ1n) is 9.37. The van der Waals surface area contributed by atoms with E-state index in [2.05, 4.69) is 38.9 Å². The average Bonchev–Trinajstić information content (AvgIpc) is 2.64. The highest BCUT2D eigenvalue weighted by Gasteiger charge is 2.64. The molecule has 1 amide bonds. The first kappa shape index (κ1) is 20.3. The summed E-state index contributed by atoms with van der Waals surface area (Å²) < 4.78 is 6.29. The Hall–Kier alpha value is -2.44. The highest BCUT2D eigenvalue weighted by molar-refractivity contribution is 6.31. The number of halogens is 1. The summed E-state index contributed by atoms with van der Waals surface area (Å²) in [6, 6.07) is 12.9. The van der Waals surface area contributed by atoms with Crippen molar-refractivity contribution in [3.8, 4) is 18.1 Å². The van der Waals surface area contributed by atoms with Crippen LogP contribution < -0.4 is 10.1 Å². The van der Waals surface area contributed by atoms with E-state index in [1.54, 1.807) is 12.1 Å². The Kier molecular flexibility index (Phi) is 5.21. The van der Waals surface area contributed by atoms with Crippen LogP contribution in [0, 0.1) is 30.1 Å². The maximum Gasteiger partial charge on any atom is 0.251 e. The highest BCUT2D eigenvalue weighted by atomic mass is 35.5. The average molecular weight is 396 g/mol. The van der Waals surface area contributed by atoms with Gasteiger partial charge in [-0.2, -0.15) is 0 Å². The summed E-state index contributed by atoms with van der Waals surface area (Å²) in [6.07, 6.45) is 5.34. The topological polar surface area (TPSA) is 38.3 Å². The van der Waals surface area contributed by atoms with E-state index in [1.165, 1.54) is 0 Å². The molecule has 0 aromatic heterocycles. The molecule has 0 spiro atoms. The highest BCUT2D eigenvalue weighted by Crippen LogP contribution is 2.55. The number of terminal acetylenes is 1. The molecule has 28 heavy (non-hydrogen) atoms. The minimum absolute atomic E-state index is 0.0285. The van der Waals surface area contributed by atoms with Crippen molar-refractivity contribution in [2.75, 3.05) is 0 Å². The smallest absolute Gasteiger partial charge is 0.251 e. The van der Waals surface area contributed by atoms with E-state index >= 15 is 0 Å². The molecular formula is C24H26ClNO2. The first-order valence-corrected chi connectivity index (χ1v) is 9.75. The van der Waals surface area contributed by atoms with Gasteiger partial charge < -0.3 is 10.1 Å². The summed E-state index contributed by atoms with van der Waals surface area (Å²) >= 11 is 6.21. The predicted octanol–water partition coefficient (Wildman–Crippen LogP) is 5.24. The quantitative estimate of drug-likeness (QED) is 0.719. The van der Waals surface area contributed by atoms with Gasteiger partial charge in [-0.3, -0.25) is 4.79 Å². The summed E-state index contributed by atoms with van der Waals surface area (Å²) in [6.45, 7) is 10.5. The molecule has 0 radical (unpaired) electrons. The second-order valence-corrected chi connectivity index (χ2v) is 9.11. The minimum Gasteiger partial charge on any atom is -0.489 e. The fourth-order valence-electron chi connectivity index (χ4n) is 4.54. The number of carbonyl (C=O) groups excluding carboxylic acids is 1. The number of nitrogens with one attached hydrogen (secondary N) is 1. The lowest BCUT2D eigenvalue weighted by atomic mass is 9.49. The first-order chi connectivity index (χ1) is 13.1. The number of amides is 1. The van der Waals surface area contributed by atoms with Crippen LogP contribution in [0.4, 0.5) is 0 Å². The van der Waals surface area contributed by atoms with Gasteiger partial charge in [-0.25, -0.2) is 0 Å². The number of hydrogen-bond donors (Lipinski definition) is 1. The second kappa shape index (κ2) is 7.18. The molecule has 1 N–H and O–H groups in total. The minimum atomic E-state index is -0.249. The fraction of sp³-hybridized carbons (Fsp3) is 0.375. The van der Waals surface area contributed by atoms with E-state index in [0.717, 1.165) is 5.56 Å². The molecule has 146 valence electrons. The van der Waals surface area contributed by atoms with Gasteiger partial charge in [0.2, 0.25) is 0 Å². The van der Waals surface area contributed by atoms with Crippen molar-refractivity contribution in [1.82, 2.24) is 5.32 Å². The number of carbonyl (C=O) groups is 1. The van der Waals surface area contributed by atoms with Crippen LogP contribution in [-0.4, -0.2) is 18.1 Å². The van der Waals surface area contributed by atoms with Crippen LogP contribution in [0.1, 0.15) is 49.2 Å². The van der Waals surface area contributed by atoms with Crippen LogP contribution in [0.3, 0.4) is 0 Å². The third-order valence-electron chi connectivity index (χ3n) is 5.78. The Bertz CT molecular complexity index is 922. The van der Waals surface area contributed by atoms with E-state index in [0.29, 0.717) is 21.9 Å². The lowest BCUT2D eigenvalue weighted by Gasteiger charge is -2.63. The molecule has 0 unspecified atom stereocenters. The summed E-state index contributed by atoms with van der Waals surface area (Å²) in [5, 5.41) is 3.71. The lowest BCUT2D eigenvalue weighted by Crippen LogP contribution is -2.74. The zero-order valence-corrected chi connectivity index (χ0v) is 17.7. The van der Waals surface area contributed by atoms with Crippen LogP contribution in [0.15, 0.2) is 42.5 Å². The number of ether oxygens (including phenoxy) is 1. The van der Waals surface area contributed by atoms with Crippen molar-refractivity contribution in [2.24, 2.45) is 10.8 Å². The predicted molar refractivity (Wildman–Crippen MR) is 114 cm³/mol. The van der Waals surface area contributed by atoms with Crippen LogP contribution in [0.2, 0.25) is 5.02 Å². The zero-order valence-electron chi connectivity index (χ0n) is 17.0. The molecule has 1 fully saturated rings. The Morgan fingerprint density at radius 3 is 2.25 bits per heavy atom. The van der Waals surface area contributed by atoms with E-state index in [4.69, 9.17) is 22.8 Å². The molecule has 1 aliphatic carbocycles. The molecule has 3 nitrogen and oxygen atoms in total. The molecule has 0 bridgehead atoms. The molecule has 2 aromatic rings. The fourth-order valence-corrected chi connectivity index (χ4v) is 4.77.